The van der Waals surface area contributed by atoms with Crippen LogP contribution >= 0.6 is 0 Å². The van der Waals surface area contributed by atoms with Gasteiger partial charge in [0.2, 0.25) is 0 Å². The molecule has 126 valence electrons. The standard InChI is InChI=1S/C18H25NO4/c1-5-12-8-6-7-9-13(12)14-10-19(11-15(14)16(20)21)17(22)23-18(2,3)4/h6-9,14-15H,5,10-11H2,1-4H3,(H,20,21)/t14-,15+/m1/s1. The molecule has 23 heavy (non-hydrogen) atoms. The Bertz CT molecular complexity index is 591. The normalized spacial score (nSPS) is 21.3. The Balaban J connectivity index is 2.25. The number of amides is 1. The lowest BCUT2D eigenvalue weighted by Crippen LogP contribution is -2.35. The van der Waals surface area contributed by atoms with Gasteiger partial charge in [0.15, 0.2) is 0 Å². The fourth-order valence-corrected chi connectivity index (χ4v) is 3.06. The third-order valence-electron chi connectivity index (χ3n) is 4.12. The average Bonchev–Trinajstić information content (AvgIpc) is 2.90. The number of carbonyl (C=O) groups is 2. The number of benzene rings is 1. The highest BCUT2D eigenvalue weighted by Gasteiger charge is 2.42. The molecule has 2 rings (SSSR count). The predicted octanol–water partition coefficient (Wildman–Crippen LogP) is 3.28. The summed E-state index contributed by atoms with van der Waals surface area (Å²) in [5.74, 6) is -1.67. The van der Waals surface area contributed by atoms with Gasteiger partial charge in [-0.25, -0.2) is 4.79 Å². The van der Waals surface area contributed by atoms with Crippen LogP contribution in [0, 0.1) is 5.92 Å². The van der Waals surface area contributed by atoms with Crippen LogP contribution in [0.2, 0.25) is 0 Å². The van der Waals surface area contributed by atoms with E-state index in [4.69, 9.17) is 4.74 Å². The Morgan fingerprint density at radius 2 is 1.91 bits per heavy atom. The van der Waals surface area contributed by atoms with Gasteiger partial charge in [0, 0.05) is 19.0 Å². The highest BCUT2D eigenvalue weighted by molar-refractivity contribution is 5.76. The predicted molar refractivity (Wildman–Crippen MR) is 87.5 cm³/mol. The lowest BCUT2D eigenvalue weighted by atomic mass is 9.85. The Morgan fingerprint density at radius 1 is 1.26 bits per heavy atom. The second-order valence-corrected chi connectivity index (χ2v) is 6.99. The smallest absolute Gasteiger partial charge is 0.410 e. The van der Waals surface area contributed by atoms with Crippen molar-refractivity contribution in [3.63, 3.8) is 0 Å². The number of carboxylic acid groups (broad SMARTS) is 1. The minimum atomic E-state index is -0.869. The van der Waals surface area contributed by atoms with Gasteiger partial charge in [-0.2, -0.15) is 0 Å². The molecule has 1 fully saturated rings. The van der Waals surface area contributed by atoms with E-state index in [9.17, 15) is 14.7 Å². The van der Waals surface area contributed by atoms with Crippen molar-refractivity contribution in [2.45, 2.75) is 45.6 Å². The Morgan fingerprint density at radius 3 is 2.48 bits per heavy atom. The second kappa shape index (κ2) is 6.60. The number of hydrogen-bond donors (Lipinski definition) is 1. The first-order valence-electron chi connectivity index (χ1n) is 8.01. The molecule has 5 heteroatoms. The molecule has 1 aromatic carbocycles. The number of aryl methyl sites for hydroxylation is 1. The maximum absolute atomic E-state index is 12.3. The number of ether oxygens (including phenoxy) is 1. The van der Waals surface area contributed by atoms with Gasteiger partial charge >= 0.3 is 12.1 Å². The molecule has 5 nitrogen and oxygen atoms in total. The third kappa shape index (κ3) is 4.03. The summed E-state index contributed by atoms with van der Waals surface area (Å²) in [4.78, 5) is 25.4. The average molecular weight is 319 g/mol. The molecule has 1 aliphatic heterocycles. The monoisotopic (exact) mass is 319 g/mol. The van der Waals surface area contributed by atoms with Crippen LogP contribution in [0.4, 0.5) is 4.79 Å². The van der Waals surface area contributed by atoms with Crippen molar-refractivity contribution >= 4 is 12.1 Å². The molecule has 0 bridgehead atoms. The van der Waals surface area contributed by atoms with E-state index < -0.39 is 23.6 Å². The van der Waals surface area contributed by atoms with Crippen molar-refractivity contribution in [2.24, 2.45) is 5.92 Å². The maximum atomic E-state index is 12.3. The summed E-state index contributed by atoms with van der Waals surface area (Å²) in [5, 5.41) is 9.56. The van der Waals surface area contributed by atoms with Crippen LogP contribution in [0.5, 0.6) is 0 Å². The first kappa shape index (κ1) is 17.3. The molecule has 0 spiro atoms. The van der Waals surface area contributed by atoms with Gasteiger partial charge in [-0.15, -0.1) is 0 Å². The SMILES string of the molecule is CCc1ccccc1[C@H]1CN(C(=O)OC(C)(C)C)C[C@@H]1C(=O)O. The number of hydrogen-bond acceptors (Lipinski definition) is 3. The first-order chi connectivity index (χ1) is 10.7. The largest absolute Gasteiger partial charge is 0.481 e. The van der Waals surface area contributed by atoms with Crippen LogP contribution in [0.3, 0.4) is 0 Å². The molecule has 0 saturated carbocycles. The van der Waals surface area contributed by atoms with Crippen molar-refractivity contribution in [3.05, 3.63) is 35.4 Å². The lowest BCUT2D eigenvalue weighted by Gasteiger charge is -2.24. The van der Waals surface area contributed by atoms with E-state index in [1.165, 1.54) is 4.90 Å². The summed E-state index contributed by atoms with van der Waals surface area (Å²) >= 11 is 0. The van der Waals surface area contributed by atoms with E-state index >= 15 is 0 Å². The molecule has 0 aromatic heterocycles. The zero-order valence-electron chi connectivity index (χ0n) is 14.2. The van der Waals surface area contributed by atoms with Gasteiger partial charge in [-0.1, -0.05) is 31.2 Å². The molecule has 1 N–H and O–H groups in total. The van der Waals surface area contributed by atoms with Gasteiger partial charge in [0.05, 0.1) is 5.92 Å². The summed E-state index contributed by atoms with van der Waals surface area (Å²) in [7, 11) is 0. The highest BCUT2D eigenvalue weighted by Crippen LogP contribution is 2.35. The lowest BCUT2D eigenvalue weighted by molar-refractivity contribution is -0.141. The Hall–Kier alpha value is -2.04. The van der Waals surface area contributed by atoms with E-state index in [0.717, 1.165) is 17.5 Å². The van der Waals surface area contributed by atoms with Gasteiger partial charge < -0.3 is 14.7 Å². The molecule has 1 aliphatic rings. The van der Waals surface area contributed by atoms with E-state index in [1.54, 1.807) is 20.8 Å². The molecule has 0 aliphatic carbocycles. The van der Waals surface area contributed by atoms with Crippen LogP contribution < -0.4 is 0 Å². The zero-order valence-corrected chi connectivity index (χ0v) is 14.2. The molecular weight excluding hydrogens is 294 g/mol. The van der Waals surface area contributed by atoms with Crippen LogP contribution in [0.25, 0.3) is 0 Å². The third-order valence-corrected chi connectivity index (χ3v) is 4.12. The quantitative estimate of drug-likeness (QED) is 0.928. The first-order valence-corrected chi connectivity index (χ1v) is 8.01. The van der Waals surface area contributed by atoms with Crippen LogP contribution in [0.15, 0.2) is 24.3 Å². The molecule has 1 aromatic rings. The molecule has 1 amide bonds. The van der Waals surface area contributed by atoms with E-state index in [1.807, 2.05) is 24.3 Å². The van der Waals surface area contributed by atoms with Crippen LogP contribution in [-0.2, 0) is 16.0 Å². The fourth-order valence-electron chi connectivity index (χ4n) is 3.06. The summed E-state index contributed by atoms with van der Waals surface area (Å²) in [6.45, 7) is 8.03. The van der Waals surface area contributed by atoms with E-state index in [-0.39, 0.29) is 12.5 Å². The summed E-state index contributed by atoms with van der Waals surface area (Å²) in [5.41, 5.74) is 1.57. The molecule has 0 unspecified atom stereocenters. The number of carbonyl (C=O) groups excluding carboxylic acids is 1. The molecular formula is C18H25NO4. The van der Waals surface area contributed by atoms with Crippen molar-refractivity contribution in [1.82, 2.24) is 4.90 Å². The summed E-state index contributed by atoms with van der Waals surface area (Å²) in [6, 6.07) is 7.87. The maximum Gasteiger partial charge on any atom is 0.410 e. The zero-order chi connectivity index (χ0) is 17.2. The topological polar surface area (TPSA) is 66.8 Å². The summed E-state index contributed by atoms with van der Waals surface area (Å²) < 4.78 is 5.38. The number of rotatable bonds is 3. The number of aliphatic carboxylic acids is 1. The molecule has 2 atom stereocenters. The van der Waals surface area contributed by atoms with Gasteiger partial charge in [-0.05, 0) is 38.3 Å². The fraction of sp³-hybridized carbons (Fsp3) is 0.556. The van der Waals surface area contributed by atoms with Crippen molar-refractivity contribution in [1.29, 1.82) is 0 Å². The molecule has 0 radical (unpaired) electrons. The highest BCUT2D eigenvalue weighted by atomic mass is 16.6. The Kier molecular flexibility index (Phi) is 4.97. The van der Waals surface area contributed by atoms with Crippen molar-refractivity contribution in [3.8, 4) is 0 Å². The van der Waals surface area contributed by atoms with E-state index in [2.05, 4.69) is 6.92 Å². The second-order valence-electron chi connectivity index (χ2n) is 6.99. The minimum absolute atomic E-state index is 0.187. The van der Waals surface area contributed by atoms with Crippen molar-refractivity contribution < 1.29 is 19.4 Å². The van der Waals surface area contributed by atoms with Crippen LogP contribution in [0.1, 0.15) is 44.7 Å². The molecule has 1 heterocycles. The number of carboxylic acids is 1. The number of nitrogens with zero attached hydrogens (tertiary/aromatic N) is 1. The number of likely N-dealkylation sites (tertiary alicyclic amines) is 1. The van der Waals surface area contributed by atoms with Crippen LogP contribution in [-0.4, -0.2) is 40.8 Å². The summed E-state index contributed by atoms with van der Waals surface area (Å²) in [6.07, 6.45) is 0.395. The van der Waals surface area contributed by atoms with Gasteiger partial charge in [0.1, 0.15) is 5.60 Å². The van der Waals surface area contributed by atoms with E-state index in [0.29, 0.717) is 6.54 Å². The van der Waals surface area contributed by atoms with Gasteiger partial charge in [0.25, 0.3) is 0 Å². The van der Waals surface area contributed by atoms with Crippen molar-refractivity contribution in [2.75, 3.05) is 13.1 Å². The Labute approximate surface area is 137 Å². The molecule has 1 saturated heterocycles. The van der Waals surface area contributed by atoms with Gasteiger partial charge in [-0.3, -0.25) is 4.79 Å². The minimum Gasteiger partial charge on any atom is -0.481 e.